The molecule has 1 amide bonds. The van der Waals surface area contributed by atoms with Crippen LogP contribution < -0.4 is 16.0 Å². The van der Waals surface area contributed by atoms with Crippen molar-refractivity contribution >= 4 is 41.5 Å². The summed E-state index contributed by atoms with van der Waals surface area (Å²) in [4.78, 5) is 18.8. The fourth-order valence-electron chi connectivity index (χ4n) is 2.99. The van der Waals surface area contributed by atoms with Crippen molar-refractivity contribution in [2.75, 3.05) is 51.3 Å². The van der Waals surface area contributed by atoms with Gasteiger partial charge in [-0.05, 0) is 44.0 Å². The first-order chi connectivity index (χ1) is 13.7. The average Bonchev–Trinajstić information content (AvgIpc) is 2.71. The third kappa shape index (κ3) is 10.8. The van der Waals surface area contributed by atoms with Gasteiger partial charge in [-0.15, -0.1) is 24.0 Å². The van der Waals surface area contributed by atoms with Crippen molar-refractivity contribution in [2.24, 2.45) is 4.99 Å². The summed E-state index contributed by atoms with van der Waals surface area (Å²) in [6, 6.07) is 7.88. The standard InChI is InChI=1S/C21H35N5O2.HI/c1-3-6-20(27)25-19-9-7-18(8-10-19)17-24-21(22-4-2)23-11-5-12-26-13-15-28-16-14-26;/h7-10H,3-6,11-17H2,1-2H3,(H,25,27)(H2,22,23,24);1H. The maximum Gasteiger partial charge on any atom is 0.224 e. The van der Waals surface area contributed by atoms with Crippen LogP contribution in [0.15, 0.2) is 29.3 Å². The van der Waals surface area contributed by atoms with Crippen LogP contribution in [0.5, 0.6) is 0 Å². The smallest absolute Gasteiger partial charge is 0.224 e. The molecule has 1 aliphatic heterocycles. The lowest BCUT2D eigenvalue weighted by atomic mass is 10.2. The SMILES string of the molecule is CCCC(=O)Nc1ccc(CN=C(NCC)NCCCN2CCOCC2)cc1.I. The Morgan fingerprint density at radius 3 is 2.52 bits per heavy atom. The number of benzene rings is 1. The van der Waals surface area contributed by atoms with Crippen molar-refractivity contribution < 1.29 is 9.53 Å². The first kappa shape index (κ1) is 25.6. The number of halogens is 1. The summed E-state index contributed by atoms with van der Waals surface area (Å²) < 4.78 is 5.38. The monoisotopic (exact) mass is 517 g/mol. The maximum atomic E-state index is 11.7. The molecule has 3 N–H and O–H groups in total. The summed E-state index contributed by atoms with van der Waals surface area (Å²) in [7, 11) is 0. The summed E-state index contributed by atoms with van der Waals surface area (Å²) in [5, 5.41) is 9.60. The van der Waals surface area contributed by atoms with Gasteiger partial charge in [-0.25, -0.2) is 4.99 Å². The minimum absolute atomic E-state index is 0. The van der Waals surface area contributed by atoms with Gasteiger partial charge in [-0.3, -0.25) is 9.69 Å². The second-order valence-corrected chi connectivity index (χ2v) is 6.92. The summed E-state index contributed by atoms with van der Waals surface area (Å²) in [6.45, 7) is 11.2. The molecule has 0 atom stereocenters. The Balaban J connectivity index is 0.00000420. The molecule has 0 spiro atoms. The first-order valence-corrected chi connectivity index (χ1v) is 10.4. The number of nitrogens with zero attached hydrogens (tertiary/aromatic N) is 2. The van der Waals surface area contributed by atoms with Gasteiger partial charge in [0, 0.05) is 38.3 Å². The van der Waals surface area contributed by atoms with Crippen molar-refractivity contribution in [3.63, 3.8) is 0 Å². The number of aliphatic imine (C=N–C) groups is 1. The van der Waals surface area contributed by atoms with E-state index in [1.165, 1.54) is 0 Å². The normalized spacial score (nSPS) is 14.8. The molecule has 0 unspecified atom stereocenters. The summed E-state index contributed by atoms with van der Waals surface area (Å²) in [5.41, 5.74) is 1.94. The van der Waals surface area contributed by atoms with Crippen molar-refractivity contribution in [2.45, 2.75) is 39.7 Å². The van der Waals surface area contributed by atoms with Gasteiger partial charge in [0.05, 0.1) is 19.8 Å². The van der Waals surface area contributed by atoms with E-state index >= 15 is 0 Å². The van der Waals surface area contributed by atoms with Crippen LogP contribution in [-0.4, -0.2) is 62.7 Å². The van der Waals surface area contributed by atoms with E-state index in [4.69, 9.17) is 4.74 Å². The van der Waals surface area contributed by atoms with Crippen molar-refractivity contribution in [1.29, 1.82) is 0 Å². The van der Waals surface area contributed by atoms with Gasteiger partial charge in [0.2, 0.25) is 5.91 Å². The lowest BCUT2D eigenvalue weighted by Crippen LogP contribution is -2.40. The second-order valence-electron chi connectivity index (χ2n) is 6.92. The van der Waals surface area contributed by atoms with Gasteiger partial charge in [0.25, 0.3) is 0 Å². The zero-order chi connectivity index (χ0) is 20.0. The number of guanidine groups is 1. The molecule has 0 aromatic heterocycles. The van der Waals surface area contributed by atoms with E-state index in [2.05, 4.69) is 32.8 Å². The Kier molecular flexibility index (Phi) is 13.7. The van der Waals surface area contributed by atoms with Gasteiger partial charge in [0.1, 0.15) is 0 Å². The van der Waals surface area contributed by atoms with Crippen LogP contribution in [0.2, 0.25) is 0 Å². The number of hydrogen-bond acceptors (Lipinski definition) is 4. The zero-order valence-corrected chi connectivity index (χ0v) is 20.0. The van der Waals surface area contributed by atoms with Crippen LogP contribution >= 0.6 is 24.0 Å². The van der Waals surface area contributed by atoms with E-state index in [-0.39, 0.29) is 29.9 Å². The molecule has 0 radical (unpaired) electrons. The molecule has 164 valence electrons. The van der Waals surface area contributed by atoms with Crippen molar-refractivity contribution in [1.82, 2.24) is 15.5 Å². The fraction of sp³-hybridized carbons (Fsp3) is 0.619. The van der Waals surface area contributed by atoms with Gasteiger partial charge in [-0.2, -0.15) is 0 Å². The Bertz CT molecular complexity index is 604. The molecule has 0 aliphatic carbocycles. The predicted octanol–water partition coefficient (Wildman–Crippen LogP) is 2.82. The number of rotatable bonds is 10. The highest BCUT2D eigenvalue weighted by atomic mass is 127. The molecule has 1 aromatic rings. The van der Waals surface area contributed by atoms with E-state index in [9.17, 15) is 4.79 Å². The number of carbonyl (C=O) groups is 1. The number of amides is 1. The molecule has 1 aromatic carbocycles. The minimum Gasteiger partial charge on any atom is -0.379 e. The lowest BCUT2D eigenvalue weighted by molar-refractivity contribution is -0.116. The number of morpholine rings is 1. The van der Waals surface area contributed by atoms with Gasteiger partial charge < -0.3 is 20.7 Å². The number of ether oxygens (including phenoxy) is 1. The highest BCUT2D eigenvalue weighted by molar-refractivity contribution is 14.0. The lowest BCUT2D eigenvalue weighted by Gasteiger charge is -2.26. The summed E-state index contributed by atoms with van der Waals surface area (Å²) >= 11 is 0. The molecular weight excluding hydrogens is 481 g/mol. The number of nitrogens with one attached hydrogen (secondary N) is 3. The quantitative estimate of drug-likeness (QED) is 0.193. The number of carbonyl (C=O) groups excluding carboxylic acids is 1. The predicted molar refractivity (Wildman–Crippen MR) is 130 cm³/mol. The molecule has 29 heavy (non-hydrogen) atoms. The molecule has 8 heteroatoms. The molecule has 1 heterocycles. The third-order valence-electron chi connectivity index (χ3n) is 4.53. The van der Waals surface area contributed by atoms with E-state index in [1.807, 2.05) is 31.2 Å². The molecule has 0 bridgehead atoms. The summed E-state index contributed by atoms with van der Waals surface area (Å²) in [6.07, 6.45) is 2.48. The Morgan fingerprint density at radius 1 is 1.14 bits per heavy atom. The average molecular weight is 517 g/mol. The topological polar surface area (TPSA) is 78.0 Å². The first-order valence-electron chi connectivity index (χ1n) is 10.4. The van der Waals surface area contributed by atoms with Gasteiger partial charge in [0.15, 0.2) is 5.96 Å². The number of hydrogen-bond donors (Lipinski definition) is 3. The fourth-order valence-corrected chi connectivity index (χ4v) is 2.99. The molecule has 1 saturated heterocycles. The Morgan fingerprint density at radius 2 is 1.86 bits per heavy atom. The van der Waals surface area contributed by atoms with E-state index < -0.39 is 0 Å². The van der Waals surface area contributed by atoms with Crippen LogP contribution in [0.1, 0.15) is 38.7 Å². The van der Waals surface area contributed by atoms with Crippen LogP contribution in [0, 0.1) is 0 Å². The summed E-state index contributed by atoms with van der Waals surface area (Å²) in [5.74, 6) is 0.897. The maximum absolute atomic E-state index is 11.7. The largest absolute Gasteiger partial charge is 0.379 e. The van der Waals surface area contributed by atoms with Crippen LogP contribution in [0.3, 0.4) is 0 Å². The highest BCUT2D eigenvalue weighted by Gasteiger charge is 2.09. The van der Waals surface area contributed by atoms with Gasteiger partial charge in [-0.1, -0.05) is 19.1 Å². The Hall–Kier alpha value is -1.39. The molecule has 7 nitrogen and oxygen atoms in total. The Labute approximate surface area is 192 Å². The van der Waals surface area contributed by atoms with Crippen LogP contribution in [-0.2, 0) is 16.1 Å². The minimum atomic E-state index is 0. The van der Waals surface area contributed by atoms with Crippen LogP contribution in [0.25, 0.3) is 0 Å². The molecular formula is C21H36IN5O2. The number of anilines is 1. The van der Waals surface area contributed by atoms with Gasteiger partial charge >= 0.3 is 0 Å². The van der Waals surface area contributed by atoms with E-state index in [1.54, 1.807) is 0 Å². The highest BCUT2D eigenvalue weighted by Crippen LogP contribution is 2.11. The second kappa shape index (κ2) is 15.4. The van der Waals surface area contributed by atoms with E-state index in [0.717, 1.165) is 76.0 Å². The van der Waals surface area contributed by atoms with E-state index in [0.29, 0.717) is 13.0 Å². The van der Waals surface area contributed by atoms with Crippen molar-refractivity contribution in [3.05, 3.63) is 29.8 Å². The van der Waals surface area contributed by atoms with Crippen molar-refractivity contribution in [3.8, 4) is 0 Å². The molecule has 1 fully saturated rings. The molecule has 0 saturated carbocycles. The van der Waals surface area contributed by atoms with Crippen LogP contribution in [0.4, 0.5) is 5.69 Å². The third-order valence-corrected chi connectivity index (χ3v) is 4.53. The molecule has 1 aliphatic rings. The molecule has 2 rings (SSSR count). The zero-order valence-electron chi connectivity index (χ0n) is 17.7.